The molecule has 18 heavy (non-hydrogen) atoms. The molecule has 0 radical (unpaired) electrons. The average molecular weight is 327 g/mol. The van der Waals surface area contributed by atoms with Crippen LogP contribution in [0.4, 0.5) is 5.69 Å². The molecule has 4 heteroatoms. The fourth-order valence-corrected chi connectivity index (χ4v) is 2.35. The predicted octanol–water partition coefficient (Wildman–Crippen LogP) is 4.73. The molecule has 0 aliphatic carbocycles. The second kappa shape index (κ2) is 5.63. The van der Waals surface area contributed by atoms with Crippen molar-refractivity contribution in [1.29, 1.82) is 0 Å². The Kier molecular flexibility index (Phi) is 4.15. The van der Waals surface area contributed by atoms with E-state index in [-0.39, 0.29) is 5.75 Å². The van der Waals surface area contributed by atoms with Crippen molar-refractivity contribution >= 4 is 33.2 Å². The first-order chi connectivity index (χ1) is 8.56. The molecule has 0 aliphatic rings. The highest BCUT2D eigenvalue weighted by Crippen LogP contribution is 2.24. The smallest absolute Gasteiger partial charge is 0.120 e. The first-order valence-electron chi connectivity index (χ1n) is 5.53. The maximum absolute atomic E-state index is 9.74. The lowest BCUT2D eigenvalue weighted by Gasteiger charge is -2.11. The minimum absolute atomic E-state index is 0.289. The topological polar surface area (TPSA) is 32.3 Å². The van der Waals surface area contributed by atoms with Crippen LogP contribution in [-0.2, 0) is 6.54 Å². The van der Waals surface area contributed by atoms with Crippen molar-refractivity contribution < 1.29 is 5.11 Å². The minimum atomic E-state index is 0.289. The van der Waals surface area contributed by atoms with Gasteiger partial charge in [0.25, 0.3) is 0 Å². The van der Waals surface area contributed by atoms with Crippen LogP contribution in [0.5, 0.6) is 5.75 Å². The van der Waals surface area contributed by atoms with Crippen molar-refractivity contribution in [3.05, 3.63) is 57.0 Å². The molecule has 0 bridgehead atoms. The second-order valence-corrected chi connectivity index (χ2v) is 5.44. The highest BCUT2D eigenvalue weighted by atomic mass is 79.9. The summed E-state index contributed by atoms with van der Waals surface area (Å²) in [5.74, 6) is 0.289. The number of phenolic OH excluding ortho intramolecular Hbond substituents is 1. The Morgan fingerprint density at radius 3 is 2.72 bits per heavy atom. The number of hydrogen-bond donors (Lipinski definition) is 2. The van der Waals surface area contributed by atoms with Gasteiger partial charge in [-0.25, -0.2) is 0 Å². The molecule has 0 spiro atoms. The Labute approximate surface area is 120 Å². The summed E-state index contributed by atoms with van der Waals surface area (Å²) in [6, 6.07) is 11.1. The van der Waals surface area contributed by atoms with Crippen molar-refractivity contribution in [2.75, 3.05) is 5.32 Å². The maximum atomic E-state index is 9.74. The lowest BCUT2D eigenvalue weighted by molar-refractivity contribution is 0.469. The van der Waals surface area contributed by atoms with Crippen LogP contribution in [0.1, 0.15) is 11.1 Å². The zero-order chi connectivity index (χ0) is 13.1. The van der Waals surface area contributed by atoms with Gasteiger partial charge in [0, 0.05) is 27.3 Å². The molecular weight excluding hydrogens is 314 g/mol. The van der Waals surface area contributed by atoms with Gasteiger partial charge in [-0.05, 0) is 48.9 Å². The summed E-state index contributed by atoms with van der Waals surface area (Å²) in [5.41, 5.74) is 2.94. The lowest BCUT2D eigenvalue weighted by Crippen LogP contribution is -2.01. The maximum Gasteiger partial charge on any atom is 0.120 e. The molecule has 2 nitrogen and oxygen atoms in total. The van der Waals surface area contributed by atoms with Crippen LogP contribution >= 0.6 is 27.5 Å². The third-order valence-corrected chi connectivity index (χ3v) is 3.43. The summed E-state index contributed by atoms with van der Waals surface area (Å²) in [5, 5.41) is 13.8. The largest absolute Gasteiger partial charge is 0.508 e. The molecule has 94 valence electrons. The van der Waals surface area contributed by atoms with Crippen molar-refractivity contribution in [3.63, 3.8) is 0 Å². The van der Waals surface area contributed by atoms with Gasteiger partial charge in [-0.15, -0.1) is 0 Å². The SMILES string of the molecule is Cc1cc(Cl)ccc1NCc1cc(Br)ccc1O. The molecule has 0 aliphatic heterocycles. The third kappa shape index (κ3) is 3.18. The predicted molar refractivity (Wildman–Crippen MR) is 79.3 cm³/mol. The molecule has 0 atom stereocenters. The second-order valence-electron chi connectivity index (χ2n) is 4.09. The van der Waals surface area contributed by atoms with E-state index in [1.165, 1.54) is 0 Å². The molecule has 0 heterocycles. The van der Waals surface area contributed by atoms with Gasteiger partial charge in [-0.3, -0.25) is 0 Å². The van der Waals surface area contributed by atoms with Gasteiger partial charge in [-0.2, -0.15) is 0 Å². The van der Waals surface area contributed by atoms with E-state index in [1.807, 2.05) is 37.3 Å². The Hall–Kier alpha value is -1.19. The molecule has 2 rings (SSSR count). The van der Waals surface area contributed by atoms with Crippen LogP contribution < -0.4 is 5.32 Å². The summed E-state index contributed by atoms with van der Waals surface area (Å²) in [6.07, 6.45) is 0. The Morgan fingerprint density at radius 2 is 2.00 bits per heavy atom. The number of anilines is 1. The highest BCUT2D eigenvalue weighted by molar-refractivity contribution is 9.10. The van der Waals surface area contributed by atoms with E-state index in [2.05, 4.69) is 21.2 Å². The summed E-state index contributed by atoms with van der Waals surface area (Å²) in [7, 11) is 0. The van der Waals surface area contributed by atoms with Gasteiger partial charge in [0.2, 0.25) is 0 Å². The summed E-state index contributed by atoms with van der Waals surface area (Å²) in [6.45, 7) is 2.56. The molecule has 0 amide bonds. The molecule has 0 unspecified atom stereocenters. The number of hydrogen-bond acceptors (Lipinski definition) is 2. The van der Waals surface area contributed by atoms with E-state index in [1.54, 1.807) is 6.07 Å². The van der Waals surface area contributed by atoms with Gasteiger partial charge in [0.1, 0.15) is 5.75 Å². The van der Waals surface area contributed by atoms with Gasteiger partial charge < -0.3 is 10.4 Å². The Morgan fingerprint density at radius 1 is 1.22 bits per heavy atom. The molecular formula is C14H13BrClNO. The molecule has 0 aromatic heterocycles. The van der Waals surface area contributed by atoms with E-state index in [9.17, 15) is 5.11 Å². The van der Waals surface area contributed by atoms with Crippen molar-refractivity contribution in [1.82, 2.24) is 0 Å². The number of aryl methyl sites for hydroxylation is 1. The van der Waals surface area contributed by atoms with E-state index in [0.717, 1.165) is 26.3 Å². The third-order valence-electron chi connectivity index (χ3n) is 2.70. The summed E-state index contributed by atoms with van der Waals surface area (Å²) in [4.78, 5) is 0. The fraction of sp³-hybridized carbons (Fsp3) is 0.143. The van der Waals surface area contributed by atoms with E-state index in [0.29, 0.717) is 6.54 Å². The number of nitrogens with one attached hydrogen (secondary N) is 1. The van der Waals surface area contributed by atoms with Gasteiger partial charge in [0.15, 0.2) is 0 Å². The van der Waals surface area contributed by atoms with E-state index in [4.69, 9.17) is 11.6 Å². The van der Waals surface area contributed by atoms with Gasteiger partial charge >= 0.3 is 0 Å². The highest BCUT2D eigenvalue weighted by Gasteiger charge is 2.03. The standard InChI is InChI=1S/C14H13BrClNO/c1-9-6-12(16)3-4-13(9)17-8-10-7-11(15)2-5-14(10)18/h2-7,17-18H,8H2,1H3. The normalized spacial score (nSPS) is 10.4. The first kappa shape index (κ1) is 13.2. The van der Waals surface area contributed by atoms with Crippen molar-refractivity contribution in [2.45, 2.75) is 13.5 Å². The summed E-state index contributed by atoms with van der Waals surface area (Å²) >= 11 is 9.30. The zero-order valence-corrected chi connectivity index (χ0v) is 12.2. The van der Waals surface area contributed by atoms with E-state index >= 15 is 0 Å². The van der Waals surface area contributed by atoms with Gasteiger partial charge in [-0.1, -0.05) is 27.5 Å². The number of halogens is 2. The van der Waals surface area contributed by atoms with E-state index < -0.39 is 0 Å². The van der Waals surface area contributed by atoms with Crippen LogP contribution in [0.2, 0.25) is 5.02 Å². The van der Waals surface area contributed by atoms with Crippen LogP contribution in [0, 0.1) is 6.92 Å². The molecule has 2 aromatic rings. The van der Waals surface area contributed by atoms with Crippen LogP contribution in [0.15, 0.2) is 40.9 Å². The molecule has 2 aromatic carbocycles. The quantitative estimate of drug-likeness (QED) is 0.854. The molecule has 0 saturated carbocycles. The van der Waals surface area contributed by atoms with Crippen molar-refractivity contribution in [3.8, 4) is 5.75 Å². The monoisotopic (exact) mass is 325 g/mol. The average Bonchev–Trinajstić information content (AvgIpc) is 2.32. The number of phenols is 1. The van der Waals surface area contributed by atoms with Crippen LogP contribution in [-0.4, -0.2) is 5.11 Å². The van der Waals surface area contributed by atoms with Gasteiger partial charge in [0.05, 0.1) is 0 Å². The lowest BCUT2D eigenvalue weighted by atomic mass is 10.1. The molecule has 0 saturated heterocycles. The van der Waals surface area contributed by atoms with Crippen LogP contribution in [0.3, 0.4) is 0 Å². The first-order valence-corrected chi connectivity index (χ1v) is 6.71. The Balaban J connectivity index is 2.13. The zero-order valence-electron chi connectivity index (χ0n) is 9.87. The summed E-state index contributed by atoms with van der Waals surface area (Å²) < 4.78 is 0.949. The Bertz CT molecular complexity index is 572. The molecule has 0 fully saturated rings. The van der Waals surface area contributed by atoms with Crippen molar-refractivity contribution in [2.24, 2.45) is 0 Å². The fourth-order valence-electron chi connectivity index (χ4n) is 1.71. The van der Waals surface area contributed by atoms with Crippen LogP contribution in [0.25, 0.3) is 0 Å². The minimum Gasteiger partial charge on any atom is -0.508 e. The number of rotatable bonds is 3. The number of aromatic hydroxyl groups is 1. The number of benzene rings is 2. The molecule has 2 N–H and O–H groups in total.